The largest absolute Gasteiger partial charge is 0.489 e. The Kier molecular flexibility index (Phi) is 4.72. The summed E-state index contributed by atoms with van der Waals surface area (Å²) in [4.78, 5) is 12.5. The lowest BCUT2D eigenvalue weighted by atomic mass is 10.3. The van der Waals surface area contributed by atoms with E-state index in [2.05, 4.69) is 0 Å². The van der Waals surface area contributed by atoms with Crippen LogP contribution in [0, 0.1) is 5.82 Å². The van der Waals surface area contributed by atoms with Gasteiger partial charge in [-0.3, -0.25) is 4.79 Å². The minimum Gasteiger partial charge on any atom is -0.489 e. The molecule has 5 heteroatoms. The van der Waals surface area contributed by atoms with Crippen LogP contribution in [0.1, 0.15) is 0 Å². The molecule has 0 spiro atoms. The van der Waals surface area contributed by atoms with Crippen LogP contribution in [0.2, 0.25) is 0 Å². The topological polar surface area (TPSA) is 55.6 Å². The van der Waals surface area contributed by atoms with Gasteiger partial charge in [-0.05, 0) is 12.1 Å². The Morgan fingerprint density at radius 1 is 1.50 bits per heavy atom. The fraction of sp³-hybridized carbons (Fsp3) is 0.364. The summed E-state index contributed by atoms with van der Waals surface area (Å²) >= 11 is 0. The van der Waals surface area contributed by atoms with Crippen molar-refractivity contribution in [1.29, 1.82) is 0 Å². The highest BCUT2D eigenvalue weighted by atomic mass is 19.1. The summed E-state index contributed by atoms with van der Waals surface area (Å²) in [6, 6.07) is 6.14. The highest BCUT2D eigenvalue weighted by molar-refractivity contribution is 5.77. The molecule has 1 aromatic rings. The summed E-state index contributed by atoms with van der Waals surface area (Å²) in [6.07, 6.45) is 0. The maximum Gasteiger partial charge on any atom is 0.236 e. The first-order valence-corrected chi connectivity index (χ1v) is 4.96. The van der Waals surface area contributed by atoms with Crippen molar-refractivity contribution < 1.29 is 13.9 Å². The molecule has 0 fully saturated rings. The van der Waals surface area contributed by atoms with Crippen molar-refractivity contribution in [1.82, 2.24) is 4.90 Å². The number of likely N-dealkylation sites (N-methyl/N-ethyl adjacent to an activating group) is 1. The van der Waals surface area contributed by atoms with Crippen LogP contribution < -0.4 is 10.5 Å². The summed E-state index contributed by atoms with van der Waals surface area (Å²) in [5.74, 6) is -0.386. The third-order valence-electron chi connectivity index (χ3n) is 2.12. The summed E-state index contributed by atoms with van der Waals surface area (Å²) in [7, 11) is 1.62. The van der Waals surface area contributed by atoms with Crippen LogP contribution in [-0.4, -0.2) is 37.6 Å². The third-order valence-corrected chi connectivity index (χ3v) is 2.12. The van der Waals surface area contributed by atoms with Gasteiger partial charge < -0.3 is 15.4 Å². The van der Waals surface area contributed by atoms with Gasteiger partial charge in [-0.1, -0.05) is 12.1 Å². The van der Waals surface area contributed by atoms with Crippen molar-refractivity contribution in [3.8, 4) is 5.75 Å². The molecule has 0 aliphatic heterocycles. The van der Waals surface area contributed by atoms with E-state index < -0.39 is 5.82 Å². The lowest BCUT2D eigenvalue weighted by molar-refractivity contribution is -0.128. The zero-order chi connectivity index (χ0) is 12.0. The second-order valence-corrected chi connectivity index (χ2v) is 3.30. The molecule has 0 atom stereocenters. The van der Waals surface area contributed by atoms with Crippen molar-refractivity contribution in [2.45, 2.75) is 0 Å². The van der Waals surface area contributed by atoms with E-state index >= 15 is 0 Å². The van der Waals surface area contributed by atoms with Crippen molar-refractivity contribution in [2.75, 3.05) is 26.7 Å². The van der Waals surface area contributed by atoms with Gasteiger partial charge in [-0.25, -0.2) is 4.39 Å². The molecule has 2 N–H and O–H groups in total. The normalized spacial score (nSPS) is 9.94. The molecular weight excluding hydrogens is 211 g/mol. The number of rotatable bonds is 5. The monoisotopic (exact) mass is 226 g/mol. The van der Waals surface area contributed by atoms with E-state index in [4.69, 9.17) is 10.5 Å². The van der Waals surface area contributed by atoms with Crippen LogP contribution in [-0.2, 0) is 4.79 Å². The van der Waals surface area contributed by atoms with Gasteiger partial charge in [0.2, 0.25) is 5.91 Å². The maximum absolute atomic E-state index is 13.1. The lowest BCUT2D eigenvalue weighted by Crippen LogP contribution is -2.35. The molecule has 0 unspecified atom stereocenters. The van der Waals surface area contributed by atoms with Crippen LogP contribution in [0.15, 0.2) is 24.3 Å². The van der Waals surface area contributed by atoms with Crippen LogP contribution in [0.25, 0.3) is 0 Å². The van der Waals surface area contributed by atoms with E-state index in [0.717, 1.165) is 0 Å². The highest BCUT2D eigenvalue weighted by Crippen LogP contribution is 2.14. The van der Waals surface area contributed by atoms with Crippen molar-refractivity contribution in [2.24, 2.45) is 5.73 Å². The predicted octanol–water partition coefficient (Wildman–Crippen LogP) is 0.622. The Balaban J connectivity index is 2.36. The number of amides is 1. The van der Waals surface area contributed by atoms with Gasteiger partial charge in [0.15, 0.2) is 11.6 Å². The molecular formula is C11H15FN2O2. The molecule has 4 nitrogen and oxygen atoms in total. The van der Waals surface area contributed by atoms with Crippen LogP contribution in [0.3, 0.4) is 0 Å². The van der Waals surface area contributed by atoms with Crippen molar-refractivity contribution >= 4 is 5.91 Å². The summed E-state index contributed by atoms with van der Waals surface area (Å²) in [5, 5.41) is 0. The Hall–Kier alpha value is -1.62. The number of hydrogen-bond acceptors (Lipinski definition) is 3. The molecule has 0 aromatic heterocycles. The molecule has 0 aliphatic carbocycles. The molecule has 0 saturated carbocycles. The summed E-state index contributed by atoms with van der Waals surface area (Å²) < 4.78 is 18.3. The number of ether oxygens (including phenoxy) is 1. The minimum atomic E-state index is -0.407. The Morgan fingerprint density at radius 3 is 2.81 bits per heavy atom. The first kappa shape index (κ1) is 12.4. The van der Waals surface area contributed by atoms with Crippen LogP contribution in [0.5, 0.6) is 5.75 Å². The van der Waals surface area contributed by atoms with Crippen molar-refractivity contribution in [3.05, 3.63) is 30.1 Å². The average molecular weight is 226 g/mol. The highest BCUT2D eigenvalue weighted by Gasteiger charge is 2.06. The molecule has 88 valence electrons. The minimum absolute atomic E-state index is 0.0315. The molecule has 1 aromatic carbocycles. The molecule has 0 heterocycles. The molecule has 1 rings (SSSR count). The van der Waals surface area contributed by atoms with Gasteiger partial charge in [-0.15, -0.1) is 0 Å². The number of nitrogens with two attached hydrogens (primary N) is 1. The first-order valence-electron chi connectivity index (χ1n) is 4.96. The number of carbonyl (C=O) groups is 1. The standard InChI is InChI=1S/C11H15FN2O2/c1-14(11(15)8-13)6-7-16-10-5-3-2-4-9(10)12/h2-5H,6-8,13H2,1H3. The number of nitrogens with zero attached hydrogens (tertiary/aromatic N) is 1. The van der Waals surface area contributed by atoms with E-state index in [9.17, 15) is 9.18 Å². The van der Waals surface area contributed by atoms with Gasteiger partial charge in [-0.2, -0.15) is 0 Å². The van der Waals surface area contributed by atoms with Crippen LogP contribution >= 0.6 is 0 Å². The molecule has 16 heavy (non-hydrogen) atoms. The van der Waals surface area contributed by atoms with Gasteiger partial charge >= 0.3 is 0 Å². The van der Waals surface area contributed by atoms with E-state index in [0.29, 0.717) is 6.54 Å². The Labute approximate surface area is 93.8 Å². The fourth-order valence-electron chi connectivity index (χ4n) is 1.13. The van der Waals surface area contributed by atoms with E-state index in [-0.39, 0.29) is 24.8 Å². The lowest BCUT2D eigenvalue weighted by Gasteiger charge is -2.16. The molecule has 1 amide bonds. The fourth-order valence-corrected chi connectivity index (χ4v) is 1.13. The Morgan fingerprint density at radius 2 is 2.19 bits per heavy atom. The quantitative estimate of drug-likeness (QED) is 0.800. The second kappa shape index (κ2) is 6.07. The molecule has 0 radical (unpaired) electrons. The zero-order valence-corrected chi connectivity index (χ0v) is 9.15. The van der Waals surface area contributed by atoms with E-state index in [1.807, 2.05) is 0 Å². The number of hydrogen-bond donors (Lipinski definition) is 1. The van der Waals surface area contributed by atoms with Gasteiger partial charge in [0.25, 0.3) is 0 Å². The summed E-state index contributed by atoms with van der Waals surface area (Å²) in [6.45, 7) is 0.587. The molecule has 0 saturated heterocycles. The zero-order valence-electron chi connectivity index (χ0n) is 9.15. The van der Waals surface area contributed by atoms with Crippen molar-refractivity contribution in [3.63, 3.8) is 0 Å². The Bertz CT molecular complexity index is 358. The van der Waals surface area contributed by atoms with Gasteiger partial charge in [0.1, 0.15) is 6.61 Å². The second-order valence-electron chi connectivity index (χ2n) is 3.30. The number of carbonyl (C=O) groups excluding carboxylic acids is 1. The SMILES string of the molecule is CN(CCOc1ccccc1F)C(=O)CN. The summed E-state index contributed by atoms with van der Waals surface area (Å²) in [5.41, 5.74) is 5.19. The maximum atomic E-state index is 13.1. The van der Waals surface area contributed by atoms with E-state index in [1.54, 1.807) is 25.2 Å². The van der Waals surface area contributed by atoms with Gasteiger partial charge in [0, 0.05) is 7.05 Å². The van der Waals surface area contributed by atoms with E-state index in [1.165, 1.54) is 11.0 Å². The first-order chi connectivity index (χ1) is 7.65. The van der Waals surface area contributed by atoms with Crippen LogP contribution in [0.4, 0.5) is 4.39 Å². The number of halogens is 1. The average Bonchev–Trinajstić information content (AvgIpc) is 2.30. The third kappa shape index (κ3) is 3.51. The van der Waals surface area contributed by atoms with Gasteiger partial charge in [0.05, 0.1) is 13.1 Å². The molecule has 0 aliphatic rings. The smallest absolute Gasteiger partial charge is 0.236 e. The molecule has 0 bridgehead atoms. The number of para-hydroxylation sites is 1. The number of benzene rings is 1. The predicted molar refractivity (Wildman–Crippen MR) is 58.6 cm³/mol.